The third-order valence-corrected chi connectivity index (χ3v) is 3.71. The van der Waals surface area contributed by atoms with Crippen LogP contribution in [0.2, 0.25) is 0 Å². The van der Waals surface area contributed by atoms with Gasteiger partial charge < -0.3 is 10.1 Å². The van der Waals surface area contributed by atoms with E-state index in [4.69, 9.17) is 4.74 Å². The summed E-state index contributed by atoms with van der Waals surface area (Å²) in [5.41, 5.74) is 2.57. The lowest BCUT2D eigenvalue weighted by molar-refractivity contribution is 0.184. The average Bonchev–Trinajstić information content (AvgIpc) is 2.40. The molecular weight excluding hydrogens is 258 g/mol. The minimum Gasteiger partial charge on any atom is -0.489 e. The van der Waals surface area contributed by atoms with E-state index in [1.54, 1.807) is 0 Å². The molecule has 0 fully saturated rings. The summed E-state index contributed by atoms with van der Waals surface area (Å²) in [6.45, 7) is 15.2. The third-order valence-electron chi connectivity index (χ3n) is 3.71. The fourth-order valence-corrected chi connectivity index (χ4v) is 2.34. The zero-order chi connectivity index (χ0) is 15.8. The molecule has 0 radical (unpaired) electrons. The molecule has 0 aromatic heterocycles. The Morgan fingerprint density at radius 1 is 1.10 bits per heavy atom. The van der Waals surface area contributed by atoms with Crippen LogP contribution in [0.15, 0.2) is 18.2 Å². The molecule has 2 nitrogen and oxygen atoms in total. The lowest BCUT2D eigenvalue weighted by Gasteiger charge is -2.22. The second-order valence-corrected chi connectivity index (χ2v) is 6.76. The van der Waals surface area contributed by atoms with Gasteiger partial charge in [0.25, 0.3) is 0 Å². The quantitative estimate of drug-likeness (QED) is 0.698. The summed E-state index contributed by atoms with van der Waals surface area (Å²) >= 11 is 0. The first-order valence-corrected chi connectivity index (χ1v) is 8.41. The van der Waals surface area contributed by atoms with E-state index in [1.807, 2.05) is 0 Å². The van der Waals surface area contributed by atoms with E-state index in [1.165, 1.54) is 11.1 Å². The van der Waals surface area contributed by atoms with Crippen LogP contribution in [0.3, 0.4) is 0 Å². The monoisotopic (exact) mass is 291 g/mol. The van der Waals surface area contributed by atoms with Crippen LogP contribution in [0.5, 0.6) is 5.75 Å². The Bertz CT molecular complexity index is 412. The van der Waals surface area contributed by atoms with Gasteiger partial charge in [0.05, 0.1) is 0 Å². The molecule has 1 aromatic carbocycles. The van der Waals surface area contributed by atoms with E-state index in [0.29, 0.717) is 11.8 Å². The summed E-state index contributed by atoms with van der Waals surface area (Å²) in [5, 5.41) is 3.52. The molecule has 2 heteroatoms. The number of hydrogen-bond acceptors (Lipinski definition) is 2. The molecule has 0 amide bonds. The Morgan fingerprint density at radius 2 is 1.81 bits per heavy atom. The van der Waals surface area contributed by atoms with Crippen LogP contribution in [0.1, 0.15) is 64.5 Å². The van der Waals surface area contributed by atoms with Gasteiger partial charge in [-0.2, -0.15) is 0 Å². The smallest absolute Gasteiger partial charge is 0.122 e. The Kier molecular flexibility index (Phi) is 7.81. The van der Waals surface area contributed by atoms with Crippen molar-refractivity contribution in [3.63, 3.8) is 0 Å². The minimum absolute atomic E-state index is 0.259. The summed E-state index contributed by atoms with van der Waals surface area (Å²) in [7, 11) is 0. The number of rotatable bonds is 9. The van der Waals surface area contributed by atoms with E-state index in [-0.39, 0.29) is 6.10 Å². The number of ether oxygens (including phenoxy) is 1. The Labute approximate surface area is 131 Å². The van der Waals surface area contributed by atoms with Crippen LogP contribution in [0.25, 0.3) is 0 Å². The van der Waals surface area contributed by atoms with Gasteiger partial charge in [-0.3, -0.25) is 0 Å². The van der Waals surface area contributed by atoms with Gasteiger partial charge in [-0.25, -0.2) is 0 Å². The molecule has 0 aliphatic heterocycles. The molecule has 0 spiro atoms. The van der Waals surface area contributed by atoms with Gasteiger partial charge >= 0.3 is 0 Å². The molecule has 0 saturated heterocycles. The first-order valence-electron chi connectivity index (χ1n) is 8.41. The van der Waals surface area contributed by atoms with E-state index in [9.17, 15) is 0 Å². The molecule has 0 bridgehead atoms. The van der Waals surface area contributed by atoms with Crippen molar-refractivity contribution in [2.45, 2.75) is 66.4 Å². The number of benzene rings is 1. The summed E-state index contributed by atoms with van der Waals surface area (Å²) in [5.74, 6) is 2.26. The van der Waals surface area contributed by atoms with Crippen LogP contribution in [-0.4, -0.2) is 19.2 Å². The van der Waals surface area contributed by atoms with E-state index >= 15 is 0 Å². The first-order chi connectivity index (χ1) is 9.93. The highest BCUT2D eigenvalue weighted by Gasteiger charge is 2.12. The van der Waals surface area contributed by atoms with E-state index in [0.717, 1.165) is 31.7 Å². The van der Waals surface area contributed by atoms with Gasteiger partial charge in [0.1, 0.15) is 11.9 Å². The lowest BCUT2D eigenvalue weighted by atomic mass is 10.0. The van der Waals surface area contributed by atoms with Crippen molar-refractivity contribution in [3.8, 4) is 5.75 Å². The van der Waals surface area contributed by atoms with Gasteiger partial charge in [0, 0.05) is 6.54 Å². The summed E-state index contributed by atoms with van der Waals surface area (Å²) in [4.78, 5) is 0. The molecule has 21 heavy (non-hydrogen) atoms. The van der Waals surface area contributed by atoms with Gasteiger partial charge in [-0.05, 0) is 48.9 Å². The van der Waals surface area contributed by atoms with E-state index < -0.39 is 0 Å². The topological polar surface area (TPSA) is 21.3 Å². The Balaban J connectivity index is 2.71. The van der Waals surface area contributed by atoms with Gasteiger partial charge in [0.15, 0.2) is 0 Å². The van der Waals surface area contributed by atoms with Crippen molar-refractivity contribution in [2.24, 2.45) is 5.92 Å². The highest BCUT2D eigenvalue weighted by atomic mass is 16.5. The lowest BCUT2D eigenvalue weighted by Crippen LogP contribution is -2.33. The van der Waals surface area contributed by atoms with Gasteiger partial charge in [-0.1, -0.05) is 53.2 Å². The maximum absolute atomic E-state index is 6.30. The molecule has 120 valence electrons. The molecule has 0 saturated carbocycles. The maximum atomic E-state index is 6.30. The summed E-state index contributed by atoms with van der Waals surface area (Å²) < 4.78 is 6.30. The second-order valence-electron chi connectivity index (χ2n) is 6.76. The number of aryl methyl sites for hydroxylation is 1. The van der Waals surface area contributed by atoms with Crippen molar-refractivity contribution in [1.82, 2.24) is 5.32 Å². The highest BCUT2D eigenvalue weighted by Crippen LogP contribution is 2.25. The van der Waals surface area contributed by atoms with Crippen LogP contribution >= 0.6 is 0 Å². The van der Waals surface area contributed by atoms with Gasteiger partial charge in [0.2, 0.25) is 0 Å². The Morgan fingerprint density at radius 3 is 2.38 bits per heavy atom. The highest BCUT2D eigenvalue weighted by molar-refractivity contribution is 5.38. The summed E-state index contributed by atoms with van der Waals surface area (Å²) in [6, 6.07) is 6.60. The number of hydrogen-bond donors (Lipinski definition) is 1. The fourth-order valence-electron chi connectivity index (χ4n) is 2.34. The zero-order valence-corrected chi connectivity index (χ0v) is 14.7. The molecule has 1 rings (SSSR count). The van der Waals surface area contributed by atoms with Crippen LogP contribution in [-0.2, 0) is 0 Å². The maximum Gasteiger partial charge on any atom is 0.122 e. The van der Waals surface area contributed by atoms with Crippen molar-refractivity contribution in [3.05, 3.63) is 29.3 Å². The molecule has 1 aromatic rings. The second kappa shape index (κ2) is 9.09. The molecular formula is C19H33NO. The first kappa shape index (κ1) is 18.0. The minimum atomic E-state index is 0.259. The van der Waals surface area contributed by atoms with Crippen molar-refractivity contribution < 1.29 is 4.74 Å². The molecule has 1 N–H and O–H groups in total. The van der Waals surface area contributed by atoms with Crippen molar-refractivity contribution in [2.75, 3.05) is 13.1 Å². The molecule has 1 atom stereocenters. The number of nitrogens with one attached hydrogen (secondary N) is 1. The fraction of sp³-hybridized carbons (Fsp3) is 0.684. The van der Waals surface area contributed by atoms with Crippen molar-refractivity contribution >= 4 is 0 Å². The largest absolute Gasteiger partial charge is 0.489 e. The van der Waals surface area contributed by atoms with Crippen LogP contribution in [0, 0.1) is 12.8 Å². The standard InChI is InChI=1S/C19H33NO/c1-7-8-18(13-20-12-14(2)3)21-19-11-17(15(4)5)10-9-16(19)6/h9-11,14-15,18,20H,7-8,12-13H2,1-6H3. The molecule has 0 aliphatic carbocycles. The third kappa shape index (κ3) is 6.52. The zero-order valence-electron chi connectivity index (χ0n) is 14.7. The predicted octanol–water partition coefficient (Wildman–Crippen LogP) is 4.91. The normalized spacial score (nSPS) is 13.0. The van der Waals surface area contributed by atoms with Crippen molar-refractivity contribution in [1.29, 1.82) is 0 Å². The summed E-state index contributed by atoms with van der Waals surface area (Å²) in [6.07, 6.45) is 2.50. The molecule has 1 unspecified atom stereocenters. The predicted molar refractivity (Wildman–Crippen MR) is 92.3 cm³/mol. The molecule has 0 aliphatic rings. The SMILES string of the molecule is CCCC(CNCC(C)C)Oc1cc(C(C)C)ccc1C. The molecule has 0 heterocycles. The Hall–Kier alpha value is -1.02. The average molecular weight is 291 g/mol. The van der Waals surface area contributed by atoms with Crippen LogP contribution in [0.4, 0.5) is 0 Å². The van der Waals surface area contributed by atoms with Crippen LogP contribution < -0.4 is 10.1 Å². The van der Waals surface area contributed by atoms with Gasteiger partial charge in [-0.15, -0.1) is 0 Å². The van der Waals surface area contributed by atoms with E-state index in [2.05, 4.69) is 65.1 Å².